The molecule has 0 bridgehead atoms. The number of rotatable bonds is 4. The van der Waals surface area contributed by atoms with Gasteiger partial charge in [-0.15, -0.1) is 0 Å². The van der Waals surface area contributed by atoms with E-state index in [1.54, 1.807) is 12.1 Å². The monoisotopic (exact) mass is 238 g/mol. The van der Waals surface area contributed by atoms with E-state index in [0.29, 0.717) is 5.92 Å². The maximum Gasteiger partial charge on any atom is 0.354 e. The summed E-state index contributed by atoms with van der Waals surface area (Å²) < 4.78 is 0. The topological polar surface area (TPSA) is 62.2 Å². The highest BCUT2D eigenvalue weighted by atomic mass is 32.2. The number of nitrogens with one attached hydrogen (secondary N) is 1. The lowest BCUT2D eigenvalue weighted by Crippen LogP contribution is -2.14. The van der Waals surface area contributed by atoms with Crippen LogP contribution >= 0.6 is 11.8 Å². The number of hydrogen-bond donors (Lipinski definition) is 2. The number of carbonyl (C=O) groups is 1. The summed E-state index contributed by atoms with van der Waals surface area (Å²) >= 11 is 1.98. The fourth-order valence-corrected chi connectivity index (χ4v) is 2.95. The molecule has 1 aliphatic rings. The molecule has 16 heavy (non-hydrogen) atoms. The van der Waals surface area contributed by atoms with E-state index in [1.807, 2.05) is 11.8 Å². The Morgan fingerprint density at radius 1 is 1.69 bits per heavy atom. The molecule has 1 fully saturated rings. The third-order valence-electron chi connectivity index (χ3n) is 2.60. The SMILES string of the molecule is O=C(O)c1cc(NCC2CCSC2)ccn1. The quantitative estimate of drug-likeness (QED) is 0.839. The first-order valence-electron chi connectivity index (χ1n) is 5.26. The van der Waals surface area contributed by atoms with Gasteiger partial charge in [-0.05, 0) is 36.0 Å². The molecule has 1 saturated heterocycles. The summed E-state index contributed by atoms with van der Waals surface area (Å²) in [7, 11) is 0. The molecule has 2 rings (SSSR count). The zero-order valence-corrected chi connectivity index (χ0v) is 9.67. The van der Waals surface area contributed by atoms with Gasteiger partial charge in [-0.3, -0.25) is 0 Å². The van der Waals surface area contributed by atoms with Crippen molar-refractivity contribution in [3.8, 4) is 0 Å². The van der Waals surface area contributed by atoms with Crippen LogP contribution in [0, 0.1) is 5.92 Å². The van der Waals surface area contributed by atoms with Crippen LogP contribution in [0.5, 0.6) is 0 Å². The highest BCUT2D eigenvalue weighted by Gasteiger charge is 2.15. The van der Waals surface area contributed by atoms with Gasteiger partial charge >= 0.3 is 5.97 Å². The number of nitrogens with zero attached hydrogens (tertiary/aromatic N) is 1. The van der Waals surface area contributed by atoms with Gasteiger partial charge < -0.3 is 10.4 Å². The van der Waals surface area contributed by atoms with Crippen molar-refractivity contribution < 1.29 is 9.90 Å². The molecule has 0 radical (unpaired) electrons. The van der Waals surface area contributed by atoms with E-state index >= 15 is 0 Å². The van der Waals surface area contributed by atoms with Gasteiger partial charge in [-0.25, -0.2) is 9.78 Å². The Bertz CT molecular complexity index is 378. The lowest BCUT2D eigenvalue weighted by molar-refractivity contribution is 0.0690. The molecule has 86 valence electrons. The molecular weight excluding hydrogens is 224 g/mol. The van der Waals surface area contributed by atoms with E-state index in [2.05, 4.69) is 10.3 Å². The fourth-order valence-electron chi connectivity index (χ4n) is 1.66. The Kier molecular flexibility index (Phi) is 3.66. The lowest BCUT2D eigenvalue weighted by Gasteiger charge is -2.11. The number of carboxylic acids is 1. The second kappa shape index (κ2) is 5.21. The first-order valence-corrected chi connectivity index (χ1v) is 6.42. The van der Waals surface area contributed by atoms with E-state index in [1.165, 1.54) is 24.1 Å². The van der Waals surface area contributed by atoms with Crippen LogP contribution in [-0.2, 0) is 0 Å². The van der Waals surface area contributed by atoms with E-state index < -0.39 is 5.97 Å². The first-order chi connectivity index (χ1) is 7.75. The molecule has 5 heteroatoms. The summed E-state index contributed by atoms with van der Waals surface area (Å²) in [6.45, 7) is 0.913. The van der Waals surface area contributed by atoms with Crippen molar-refractivity contribution in [1.82, 2.24) is 4.98 Å². The van der Waals surface area contributed by atoms with Crippen LogP contribution in [0.3, 0.4) is 0 Å². The van der Waals surface area contributed by atoms with Crippen molar-refractivity contribution in [2.75, 3.05) is 23.4 Å². The number of pyridine rings is 1. The molecule has 1 aromatic heterocycles. The van der Waals surface area contributed by atoms with Crippen molar-refractivity contribution in [1.29, 1.82) is 0 Å². The fraction of sp³-hybridized carbons (Fsp3) is 0.455. The summed E-state index contributed by atoms with van der Waals surface area (Å²) in [6.07, 6.45) is 2.77. The number of anilines is 1. The highest BCUT2D eigenvalue weighted by Crippen LogP contribution is 2.23. The number of aromatic carboxylic acids is 1. The minimum Gasteiger partial charge on any atom is -0.477 e. The van der Waals surface area contributed by atoms with Gasteiger partial charge in [0.05, 0.1) is 0 Å². The van der Waals surface area contributed by atoms with Gasteiger partial charge in [0.2, 0.25) is 0 Å². The van der Waals surface area contributed by atoms with Crippen LogP contribution in [0.2, 0.25) is 0 Å². The minimum absolute atomic E-state index is 0.0887. The summed E-state index contributed by atoms with van der Waals surface area (Å²) in [6, 6.07) is 3.37. The molecule has 1 unspecified atom stereocenters. The normalized spacial score (nSPS) is 19.6. The molecule has 0 amide bonds. The van der Waals surface area contributed by atoms with E-state index in [-0.39, 0.29) is 5.69 Å². The van der Waals surface area contributed by atoms with Gasteiger partial charge in [0.15, 0.2) is 0 Å². The molecule has 1 aliphatic heterocycles. The number of hydrogen-bond acceptors (Lipinski definition) is 4. The molecule has 1 atom stereocenters. The smallest absolute Gasteiger partial charge is 0.354 e. The molecule has 0 saturated carbocycles. The molecule has 2 heterocycles. The summed E-state index contributed by atoms with van der Waals surface area (Å²) in [4.78, 5) is 14.5. The highest BCUT2D eigenvalue weighted by molar-refractivity contribution is 7.99. The second-order valence-corrected chi connectivity index (χ2v) is 5.00. The average Bonchev–Trinajstić information content (AvgIpc) is 2.79. The number of aromatic nitrogens is 1. The zero-order chi connectivity index (χ0) is 11.4. The number of thioether (sulfide) groups is 1. The molecular formula is C11H14N2O2S. The van der Waals surface area contributed by atoms with Crippen molar-refractivity contribution >= 4 is 23.4 Å². The second-order valence-electron chi connectivity index (χ2n) is 3.85. The molecule has 2 N–H and O–H groups in total. The maximum absolute atomic E-state index is 10.7. The maximum atomic E-state index is 10.7. The largest absolute Gasteiger partial charge is 0.477 e. The minimum atomic E-state index is -0.986. The molecule has 0 spiro atoms. The van der Waals surface area contributed by atoms with Crippen molar-refractivity contribution in [3.05, 3.63) is 24.0 Å². The Hall–Kier alpha value is -1.23. The molecule has 0 aliphatic carbocycles. The Labute approximate surface area is 98.5 Å². The lowest BCUT2D eigenvalue weighted by atomic mass is 10.1. The standard InChI is InChI=1S/C11H14N2O2S/c14-11(15)10-5-9(1-3-12-10)13-6-8-2-4-16-7-8/h1,3,5,8H,2,4,6-7H2,(H,12,13)(H,14,15). The number of carboxylic acid groups (broad SMARTS) is 1. The molecule has 0 aromatic carbocycles. The molecule has 4 nitrogen and oxygen atoms in total. The van der Waals surface area contributed by atoms with Crippen LogP contribution in [-0.4, -0.2) is 34.1 Å². The van der Waals surface area contributed by atoms with Crippen LogP contribution in [0.1, 0.15) is 16.9 Å². The predicted molar refractivity (Wildman–Crippen MR) is 65.1 cm³/mol. The Balaban J connectivity index is 1.93. The van der Waals surface area contributed by atoms with Crippen molar-refractivity contribution in [3.63, 3.8) is 0 Å². The van der Waals surface area contributed by atoms with Crippen molar-refractivity contribution in [2.45, 2.75) is 6.42 Å². The first kappa shape index (κ1) is 11.3. The summed E-state index contributed by atoms with van der Waals surface area (Å²) in [5, 5.41) is 12.1. The van der Waals surface area contributed by atoms with E-state index in [4.69, 9.17) is 5.11 Å². The van der Waals surface area contributed by atoms with Gasteiger partial charge in [0, 0.05) is 18.4 Å². The predicted octanol–water partition coefficient (Wildman–Crippen LogP) is 1.94. The molecule has 1 aromatic rings. The summed E-state index contributed by atoms with van der Waals surface area (Å²) in [5.41, 5.74) is 0.926. The van der Waals surface area contributed by atoms with Crippen molar-refractivity contribution in [2.24, 2.45) is 5.92 Å². The van der Waals surface area contributed by atoms with E-state index in [0.717, 1.165) is 12.2 Å². The Morgan fingerprint density at radius 3 is 3.25 bits per heavy atom. The third kappa shape index (κ3) is 2.88. The van der Waals surface area contributed by atoms with Crippen LogP contribution < -0.4 is 5.32 Å². The van der Waals surface area contributed by atoms with Gasteiger partial charge in [-0.1, -0.05) is 0 Å². The van der Waals surface area contributed by atoms with Gasteiger partial charge in [-0.2, -0.15) is 11.8 Å². The van der Waals surface area contributed by atoms with Gasteiger partial charge in [0.1, 0.15) is 5.69 Å². The van der Waals surface area contributed by atoms with Crippen LogP contribution in [0.15, 0.2) is 18.3 Å². The Morgan fingerprint density at radius 2 is 2.56 bits per heavy atom. The van der Waals surface area contributed by atoms with E-state index in [9.17, 15) is 4.79 Å². The van der Waals surface area contributed by atoms with Gasteiger partial charge in [0.25, 0.3) is 0 Å². The van der Waals surface area contributed by atoms with Crippen LogP contribution in [0.4, 0.5) is 5.69 Å². The average molecular weight is 238 g/mol. The third-order valence-corrected chi connectivity index (χ3v) is 3.83. The summed E-state index contributed by atoms with van der Waals surface area (Å²) in [5.74, 6) is 2.15. The zero-order valence-electron chi connectivity index (χ0n) is 8.85. The van der Waals surface area contributed by atoms with Crippen LogP contribution in [0.25, 0.3) is 0 Å².